The van der Waals surface area contributed by atoms with Gasteiger partial charge in [-0.15, -0.1) is 0 Å². The van der Waals surface area contributed by atoms with Gasteiger partial charge in [0, 0.05) is 11.3 Å². The fourth-order valence-corrected chi connectivity index (χ4v) is 6.98. The molecule has 0 aliphatic carbocycles. The molecule has 1 amide bonds. The zero-order chi connectivity index (χ0) is 30.6. The Hall–Kier alpha value is -1.47. The summed E-state index contributed by atoms with van der Waals surface area (Å²) in [6.45, 7) is 9.62. The molecule has 19 heteroatoms. The molecule has 0 rings (SSSR count). The summed E-state index contributed by atoms with van der Waals surface area (Å²) in [5, 5.41) is 2.59. The van der Waals surface area contributed by atoms with E-state index in [0.717, 1.165) is 13.8 Å². The first-order chi connectivity index (χ1) is 15.9. The molecule has 0 bridgehead atoms. The van der Waals surface area contributed by atoms with Crippen molar-refractivity contribution in [1.29, 1.82) is 0 Å². The van der Waals surface area contributed by atoms with Gasteiger partial charge < -0.3 is 5.32 Å². The molecule has 222 valence electrons. The Morgan fingerprint density at radius 2 is 1.16 bits per heavy atom. The largest absolute Gasteiger partial charge is 0.499 e. The number of amides is 1. The summed E-state index contributed by atoms with van der Waals surface area (Å²) < 4.78 is 146. The van der Waals surface area contributed by atoms with Crippen molar-refractivity contribution >= 4 is 41.5 Å². The number of alkyl halides is 6. The molecule has 0 aromatic carbocycles. The predicted octanol–water partition coefficient (Wildman–Crippen LogP) is 3.00. The lowest BCUT2D eigenvalue weighted by atomic mass is 9.86. The summed E-state index contributed by atoms with van der Waals surface area (Å²) in [7, 11) is -17.9. The maximum atomic E-state index is 12.5. The third-order valence-electron chi connectivity index (χ3n) is 5.04. The Bertz CT molecular complexity index is 1100. The first-order valence-electron chi connectivity index (χ1n) is 10.3. The number of hydrogen-bond donors (Lipinski definition) is 2. The lowest BCUT2D eigenvalue weighted by Crippen LogP contribution is -2.52. The van der Waals surface area contributed by atoms with Gasteiger partial charge in [-0.25, -0.2) is 16.8 Å². The van der Waals surface area contributed by atoms with Gasteiger partial charge >= 0.3 is 11.0 Å². The van der Waals surface area contributed by atoms with Crippen molar-refractivity contribution in [2.75, 3.05) is 5.75 Å². The van der Waals surface area contributed by atoms with Crippen LogP contribution in [-0.2, 0) is 39.4 Å². The number of ketones is 1. The van der Waals surface area contributed by atoms with Gasteiger partial charge in [0.2, 0.25) is 10.5 Å². The van der Waals surface area contributed by atoms with Crippen LogP contribution in [0.3, 0.4) is 0 Å². The van der Waals surface area contributed by atoms with Crippen LogP contribution in [0.1, 0.15) is 61.3 Å². The number of halogens is 6. The van der Waals surface area contributed by atoms with E-state index in [1.165, 1.54) is 6.92 Å². The van der Waals surface area contributed by atoms with E-state index in [4.69, 9.17) is 4.55 Å². The van der Waals surface area contributed by atoms with Gasteiger partial charge in [0.05, 0.1) is 11.3 Å². The van der Waals surface area contributed by atoms with Gasteiger partial charge in [-0.05, 0) is 26.7 Å². The molecule has 0 radical (unpaired) electrons. The average Bonchev–Trinajstić information content (AvgIpc) is 2.63. The number of sulfone groups is 2. The summed E-state index contributed by atoms with van der Waals surface area (Å²) in [5.41, 5.74) is -15.7. The first-order valence-corrected chi connectivity index (χ1v) is 15.0. The normalized spacial score (nSPS) is 15.0. The standard InChI is InChI=1S/C9H12F6O5S2.C9H19NO4S/c1-4-7(2,3)5(16)6(21(17,18)8(10,11)12)22(19,20)9(13,14)15;1-5-7(2)8(11)10-9(3,4)6-15(12,13)14/h6H,4H2,1-3H3;7H,5-6H2,1-4H3,(H,10,11)(H,12,13,14). The van der Waals surface area contributed by atoms with Crippen molar-refractivity contribution < 1.29 is 65.7 Å². The molecule has 0 aliphatic heterocycles. The maximum Gasteiger partial charge on any atom is 0.499 e. The van der Waals surface area contributed by atoms with Gasteiger partial charge in [-0.3, -0.25) is 14.1 Å². The topological polar surface area (TPSA) is 169 Å². The van der Waals surface area contributed by atoms with Crippen LogP contribution in [0.15, 0.2) is 0 Å². The lowest BCUT2D eigenvalue weighted by Gasteiger charge is -2.27. The monoisotopic (exact) mass is 615 g/mol. The van der Waals surface area contributed by atoms with Crippen LogP contribution in [0, 0.1) is 11.3 Å². The van der Waals surface area contributed by atoms with Crippen molar-refractivity contribution in [3.8, 4) is 0 Å². The molecule has 0 aromatic heterocycles. The summed E-state index contributed by atoms with van der Waals surface area (Å²) in [6.07, 6.45) is 0.316. The second-order valence-electron chi connectivity index (χ2n) is 9.32. The molecule has 10 nitrogen and oxygen atoms in total. The minimum atomic E-state index is -6.93. The third kappa shape index (κ3) is 10.7. The van der Waals surface area contributed by atoms with Crippen LogP contribution >= 0.6 is 0 Å². The number of rotatable bonds is 10. The van der Waals surface area contributed by atoms with Crippen LogP contribution in [0.5, 0.6) is 0 Å². The zero-order valence-electron chi connectivity index (χ0n) is 21.0. The van der Waals surface area contributed by atoms with E-state index < -0.39 is 67.9 Å². The minimum absolute atomic E-state index is 0.161. The molecule has 0 aliphatic rings. The zero-order valence-corrected chi connectivity index (χ0v) is 23.4. The highest BCUT2D eigenvalue weighted by molar-refractivity contribution is 8.11. The van der Waals surface area contributed by atoms with E-state index in [-0.39, 0.29) is 18.2 Å². The molecule has 37 heavy (non-hydrogen) atoms. The molecule has 0 heterocycles. The molecule has 0 saturated heterocycles. The minimum Gasteiger partial charge on any atom is -0.350 e. The molecule has 0 spiro atoms. The molecular formula is C18H31F6NO9S3. The summed E-state index contributed by atoms with van der Waals surface area (Å²) in [6, 6.07) is 0. The summed E-state index contributed by atoms with van der Waals surface area (Å²) >= 11 is 0. The van der Waals surface area contributed by atoms with Crippen molar-refractivity contribution in [3.63, 3.8) is 0 Å². The van der Waals surface area contributed by atoms with Crippen LogP contribution < -0.4 is 5.32 Å². The van der Waals surface area contributed by atoms with Crippen LogP contribution in [0.25, 0.3) is 0 Å². The Labute approximate surface area is 212 Å². The van der Waals surface area contributed by atoms with E-state index in [1.807, 2.05) is 6.92 Å². The highest BCUT2D eigenvalue weighted by Crippen LogP contribution is 2.40. The first kappa shape index (κ1) is 37.7. The van der Waals surface area contributed by atoms with Gasteiger partial charge in [-0.1, -0.05) is 34.6 Å². The molecule has 0 aromatic rings. The fraction of sp³-hybridized carbons (Fsp3) is 0.889. The van der Waals surface area contributed by atoms with E-state index >= 15 is 0 Å². The van der Waals surface area contributed by atoms with Gasteiger partial charge in [0.15, 0.2) is 5.78 Å². The Morgan fingerprint density at radius 3 is 1.41 bits per heavy atom. The van der Waals surface area contributed by atoms with Gasteiger partial charge in [0.1, 0.15) is 0 Å². The quantitative estimate of drug-likeness (QED) is 0.277. The maximum absolute atomic E-state index is 12.5. The highest BCUT2D eigenvalue weighted by Gasteiger charge is 2.66. The fourth-order valence-electron chi connectivity index (χ4n) is 2.32. The second kappa shape index (κ2) is 12.1. The lowest BCUT2D eigenvalue weighted by molar-refractivity contribution is -0.126. The summed E-state index contributed by atoms with van der Waals surface area (Å²) in [4.78, 5) is 23.3. The Balaban J connectivity index is 0. The smallest absolute Gasteiger partial charge is 0.350 e. The van der Waals surface area contributed by atoms with Crippen molar-refractivity contribution in [2.24, 2.45) is 11.3 Å². The predicted molar refractivity (Wildman–Crippen MR) is 121 cm³/mol. The van der Waals surface area contributed by atoms with Crippen LogP contribution in [0.2, 0.25) is 0 Å². The van der Waals surface area contributed by atoms with Crippen LogP contribution in [-0.4, -0.2) is 68.4 Å². The molecule has 0 fully saturated rings. The average molecular weight is 616 g/mol. The number of carbonyl (C=O) groups excluding carboxylic acids is 2. The summed E-state index contributed by atoms with van der Waals surface area (Å²) in [5.74, 6) is -3.04. The SMILES string of the molecule is CCC(C)(C)C(=O)C(S(=O)(=O)C(F)(F)F)S(=O)(=O)C(F)(F)F.CCC(C)C(=O)NC(C)(C)CS(=O)(=O)O. The number of Topliss-reactive ketones (excluding diaryl/α,β-unsaturated/α-hetero) is 1. The van der Waals surface area contributed by atoms with E-state index in [0.29, 0.717) is 6.42 Å². The molecular weight excluding hydrogens is 584 g/mol. The number of carbonyl (C=O) groups is 2. The Morgan fingerprint density at radius 1 is 0.811 bits per heavy atom. The van der Waals surface area contributed by atoms with Crippen molar-refractivity contribution in [2.45, 2.75) is 82.4 Å². The van der Waals surface area contributed by atoms with E-state index in [2.05, 4.69) is 5.32 Å². The van der Waals surface area contributed by atoms with Crippen molar-refractivity contribution in [3.05, 3.63) is 0 Å². The van der Waals surface area contributed by atoms with E-state index in [9.17, 15) is 61.2 Å². The van der Waals surface area contributed by atoms with E-state index in [1.54, 1.807) is 20.8 Å². The number of nitrogens with one attached hydrogen (secondary N) is 1. The second-order valence-corrected chi connectivity index (χ2v) is 15.1. The molecule has 0 saturated carbocycles. The molecule has 1 unspecified atom stereocenters. The third-order valence-corrected chi connectivity index (χ3v) is 10.5. The van der Waals surface area contributed by atoms with Crippen molar-refractivity contribution in [1.82, 2.24) is 5.32 Å². The highest BCUT2D eigenvalue weighted by atomic mass is 32.3. The van der Waals surface area contributed by atoms with Gasteiger partial charge in [-0.2, -0.15) is 34.8 Å². The molecule has 1 atom stereocenters. The van der Waals surface area contributed by atoms with Gasteiger partial charge in [0.25, 0.3) is 29.8 Å². The number of hydrogen-bond acceptors (Lipinski definition) is 8. The Kier molecular flexibility index (Phi) is 12.4. The van der Waals surface area contributed by atoms with Crippen LogP contribution in [0.4, 0.5) is 26.3 Å². The molecule has 2 N–H and O–H groups in total.